The normalized spacial score (nSPS) is 21.2. The minimum absolute atomic E-state index is 0.283. The van der Waals surface area contributed by atoms with Crippen LogP contribution in [0.2, 0.25) is 0 Å². The molecule has 2 aliphatic heterocycles. The van der Waals surface area contributed by atoms with Gasteiger partial charge in [0.1, 0.15) is 11.4 Å². The topological polar surface area (TPSA) is 67.6 Å². The number of nitrogens with one attached hydrogen (secondary N) is 1. The van der Waals surface area contributed by atoms with Gasteiger partial charge in [0.25, 0.3) is 0 Å². The summed E-state index contributed by atoms with van der Waals surface area (Å²) in [6.07, 6.45) is 1.79. The first-order valence-electron chi connectivity index (χ1n) is 6.26. The highest BCUT2D eigenvalue weighted by molar-refractivity contribution is 5.93. The Morgan fingerprint density at radius 1 is 1.33 bits per heavy atom. The largest absolute Gasteiger partial charge is 0.483 e. The van der Waals surface area contributed by atoms with Crippen molar-refractivity contribution in [3.05, 3.63) is 24.3 Å². The van der Waals surface area contributed by atoms with Crippen molar-refractivity contribution in [2.45, 2.75) is 18.4 Å². The summed E-state index contributed by atoms with van der Waals surface area (Å²) in [5, 5.41) is 3.31. The van der Waals surface area contributed by atoms with Crippen molar-refractivity contribution in [1.82, 2.24) is 5.32 Å². The van der Waals surface area contributed by atoms with Crippen LogP contribution in [-0.2, 0) is 0 Å². The van der Waals surface area contributed by atoms with Gasteiger partial charge in [0, 0.05) is 12.8 Å². The Labute approximate surface area is 106 Å². The van der Waals surface area contributed by atoms with Crippen LogP contribution >= 0.6 is 0 Å². The zero-order valence-corrected chi connectivity index (χ0v) is 10.2. The highest BCUT2D eigenvalue weighted by Crippen LogP contribution is 2.39. The van der Waals surface area contributed by atoms with Gasteiger partial charge in [0.2, 0.25) is 0 Å². The van der Waals surface area contributed by atoms with Gasteiger partial charge in [-0.2, -0.15) is 0 Å². The first kappa shape index (κ1) is 11.3. The summed E-state index contributed by atoms with van der Waals surface area (Å²) in [5.41, 5.74) is 5.98. The highest BCUT2D eigenvalue weighted by atomic mass is 16.5. The maximum Gasteiger partial charge on any atom is 0.319 e. The van der Waals surface area contributed by atoms with Crippen molar-refractivity contribution in [2.75, 3.05) is 24.5 Å². The summed E-state index contributed by atoms with van der Waals surface area (Å²) in [6.45, 7) is 2.37. The van der Waals surface area contributed by atoms with Crippen molar-refractivity contribution in [3.63, 3.8) is 0 Å². The average molecular weight is 247 g/mol. The van der Waals surface area contributed by atoms with E-state index in [2.05, 4.69) is 5.32 Å². The zero-order valence-electron chi connectivity index (χ0n) is 10.2. The number of carbonyl (C=O) groups is 1. The van der Waals surface area contributed by atoms with Crippen molar-refractivity contribution in [2.24, 2.45) is 5.73 Å². The Bertz CT molecular complexity index is 469. The third-order valence-corrected chi connectivity index (χ3v) is 3.71. The number of para-hydroxylation sites is 2. The number of nitrogens with zero attached hydrogens (tertiary/aromatic N) is 1. The van der Waals surface area contributed by atoms with Crippen LogP contribution in [0.25, 0.3) is 0 Å². The minimum atomic E-state index is -0.413. The van der Waals surface area contributed by atoms with Crippen LogP contribution in [0.1, 0.15) is 12.8 Å². The molecule has 0 unspecified atom stereocenters. The molecule has 1 saturated heterocycles. The number of anilines is 1. The van der Waals surface area contributed by atoms with E-state index in [0.29, 0.717) is 6.54 Å². The first-order chi connectivity index (χ1) is 8.70. The molecule has 18 heavy (non-hydrogen) atoms. The molecule has 0 bridgehead atoms. The molecule has 1 fully saturated rings. The number of ether oxygens (including phenoxy) is 1. The van der Waals surface area contributed by atoms with E-state index < -0.39 is 6.03 Å². The second-order valence-corrected chi connectivity index (χ2v) is 4.93. The molecular weight excluding hydrogens is 230 g/mol. The minimum Gasteiger partial charge on any atom is -0.483 e. The van der Waals surface area contributed by atoms with E-state index in [-0.39, 0.29) is 5.60 Å². The van der Waals surface area contributed by atoms with Gasteiger partial charge in [-0.1, -0.05) is 12.1 Å². The van der Waals surface area contributed by atoms with Crippen LogP contribution in [0.4, 0.5) is 10.5 Å². The maximum atomic E-state index is 11.6. The van der Waals surface area contributed by atoms with E-state index in [1.807, 2.05) is 24.3 Å². The van der Waals surface area contributed by atoms with Gasteiger partial charge in [0.15, 0.2) is 0 Å². The van der Waals surface area contributed by atoms with E-state index in [1.54, 1.807) is 4.90 Å². The fraction of sp³-hybridized carbons (Fsp3) is 0.462. The number of hydrogen-bond acceptors (Lipinski definition) is 3. The lowest BCUT2D eigenvalue weighted by Crippen LogP contribution is -2.58. The lowest BCUT2D eigenvalue weighted by Gasteiger charge is -2.45. The molecule has 0 radical (unpaired) electrons. The van der Waals surface area contributed by atoms with Crippen molar-refractivity contribution < 1.29 is 9.53 Å². The predicted octanol–water partition coefficient (Wildman–Crippen LogP) is 1.09. The van der Waals surface area contributed by atoms with Crippen molar-refractivity contribution in [1.29, 1.82) is 0 Å². The van der Waals surface area contributed by atoms with Gasteiger partial charge in [-0.25, -0.2) is 4.79 Å². The molecule has 2 amide bonds. The Morgan fingerprint density at radius 3 is 2.78 bits per heavy atom. The number of primary amides is 1. The van der Waals surface area contributed by atoms with Crippen molar-refractivity contribution in [3.8, 4) is 5.75 Å². The molecule has 0 saturated carbocycles. The SMILES string of the molecule is NC(=O)N1CC2(CCNCC2)Oc2ccccc21. The van der Waals surface area contributed by atoms with Gasteiger partial charge < -0.3 is 15.8 Å². The molecule has 2 aliphatic rings. The number of urea groups is 1. The number of carbonyl (C=O) groups excluding carboxylic acids is 1. The molecule has 3 N–H and O–H groups in total. The molecule has 3 rings (SSSR count). The van der Waals surface area contributed by atoms with Crippen LogP contribution in [-0.4, -0.2) is 31.3 Å². The quantitative estimate of drug-likeness (QED) is 0.721. The summed E-state index contributed by atoms with van der Waals surface area (Å²) in [5.74, 6) is 0.754. The average Bonchev–Trinajstić information content (AvgIpc) is 2.38. The molecule has 0 aromatic heterocycles. The zero-order chi connectivity index (χ0) is 12.6. The van der Waals surface area contributed by atoms with Crippen LogP contribution < -0.4 is 20.7 Å². The summed E-state index contributed by atoms with van der Waals surface area (Å²) < 4.78 is 6.15. The Kier molecular flexibility index (Phi) is 2.63. The van der Waals surface area contributed by atoms with Gasteiger partial charge in [-0.3, -0.25) is 4.90 Å². The number of piperidine rings is 1. The predicted molar refractivity (Wildman–Crippen MR) is 68.8 cm³/mol. The molecule has 0 atom stereocenters. The first-order valence-corrected chi connectivity index (χ1v) is 6.26. The van der Waals surface area contributed by atoms with E-state index in [4.69, 9.17) is 10.5 Å². The summed E-state index contributed by atoms with van der Waals surface area (Å²) in [4.78, 5) is 13.2. The summed E-state index contributed by atoms with van der Waals surface area (Å²) in [7, 11) is 0. The van der Waals surface area contributed by atoms with Gasteiger partial charge in [0.05, 0.1) is 12.2 Å². The van der Waals surface area contributed by atoms with Gasteiger partial charge in [-0.05, 0) is 25.2 Å². The smallest absolute Gasteiger partial charge is 0.319 e. The highest BCUT2D eigenvalue weighted by Gasteiger charge is 2.42. The van der Waals surface area contributed by atoms with Gasteiger partial charge >= 0.3 is 6.03 Å². The Morgan fingerprint density at radius 2 is 2.06 bits per heavy atom. The van der Waals surface area contributed by atoms with E-state index in [1.165, 1.54) is 0 Å². The molecule has 1 aromatic rings. The fourth-order valence-corrected chi connectivity index (χ4v) is 2.74. The number of hydrogen-bond donors (Lipinski definition) is 2. The second kappa shape index (κ2) is 4.17. The lowest BCUT2D eigenvalue weighted by molar-refractivity contribution is 0.0370. The number of nitrogens with two attached hydrogens (primary N) is 1. The number of amides is 2. The third kappa shape index (κ3) is 1.80. The van der Waals surface area contributed by atoms with Gasteiger partial charge in [-0.15, -0.1) is 0 Å². The molecule has 2 heterocycles. The molecule has 96 valence electrons. The van der Waals surface area contributed by atoms with Crippen LogP contribution in [0, 0.1) is 0 Å². The second-order valence-electron chi connectivity index (χ2n) is 4.93. The summed E-state index contributed by atoms with van der Waals surface area (Å²) >= 11 is 0. The summed E-state index contributed by atoms with van der Waals surface area (Å²) in [6, 6.07) is 7.16. The molecule has 1 spiro atoms. The Hall–Kier alpha value is -1.75. The molecule has 0 aliphatic carbocycles. The van der Waals surface area contributed by atoms with Crippen LogP contribution in [0.5, 0.6) is 5.75 Å². The Balaban J connectivity index is 1.99. The number of rotatable bonds is 0. The van der Waals surface area contributed by atoms with E-state index >= 15 is 0 Å². The molecule has 1 aromatic carbocycles. The molecule has 5 nitrogen and oxygen atoms in total. The van der Waals surface area contributed by atoms with Crippen LogP contribution in [0.15, 0.2) is 24.3 Å². The molecular formula is C13H17N3O2. The number of benzene rings is 1. The lowest BCUT2D eigenvalue weighted by atomic mass is 9.90. The third-order valence-electron chi connectivity index (χ3n) is 3.71. The maximum absolute atomic E-state index is 11.6. The molecule has 5 heteroatoms. The van der Waals surface area contributed by atoms with E-state index in [0.717, 1.165) is 37.4 Å². The fourth-order valence-electron chi connectivity index (χ4n) is 2.74. The van der Waals surface area contributed by atoms with E-state index in [9.17, 15) is 4.79 Å². The van der Waals surface area contributed by atoms with Crippen LogP contribution in [0.3, 0.4) is 0 Å². The standard InChI is InChI=1S/C13H17N3O2/c14-12(17)16-9-13(5-7-15-8-6-13)18-11-4-2-1-3-10(11)16/h1-4,15H,5-9H2,(H2,14,17). The monoisotopic (exact) mass is 247 g/mol. The van der Waals surface area contributed by atoms with Crippen molar-refractivity contribution >= 4 is 11.7 Å². The number of fused-ring (bicyclic) bond motifs is 1.